The fourth-order valence-electron chi connectivity index (χ4n) is 3.08. The molecule has 0 radical (unpaired) electrons. The van der Waals surface area contributed by atoms with Crippen LogP contribution in [0.2, 0.25) is 0 Å². The summed E-state index contributed by atoms with van der Waals surface area (Å²) in [6, 6.07) is 0. The van der Waals surface area contributed by atoms with E-state index in [9.17, 15) is 4.79 Å². The molecule has 0 saturated carbocycles. The van der Waals surface area contributed by atoms with Gasteiger partial charge in [-0.2, -0.15) is 5.10 Å². The van der Waals surface area contributed by atoms with Crippen molar-refractivity contribution in [1.82, 2.24) is 14.7 Å². The van der Waals surface area contributed by atoms with Crippen LogP contribution < -0.4 is 0 Å². The Morgan fingerprint density at radius 3 is 2.45 bits per heavy atom. The third-order valence-corrected chi connectivity index (χ3v) is 3.91. The number of hydrogen-bond donors (Lipinski definition) is 0. The summed E-state index contributed by atoms with van der Waals surface area (Å²) in [6.45, 7) is 8.46. The van der Waals surface area contributed by atoms with Crippen LogP contribution in [0.5, 0.6) is 0 Å². The van der Waals surface area contributed by atoms with E-state index in [0.29, 0.717) is 5.92 Å². The van der Waals surface area contributed by atoms with E-state index in [2.05, 4.69) is 32.8 Å². The molecule has 1 heterocycles. The Morgan fingerprint density at radius 2 is 1.95 bits per heavy atom. The van der Waals surface area contributed by atoms with Crippen molar-refractivity contribution in [1.29, 1.82) is 0 Å². The molecule has 0 aliphatic heterocycles. The summed E-state index contributed by atoms with van der Waals surface area (Å²) >= 11 is 0. The molecule has 0 bridgehead atoms. The number of hydrogen-bond acceptors (Lipinski definition) is 3. The van der Waals surface area contributed by atoms with Gasteiger partial charge in [0.15, 0.2) is 5.78 Å². The van der Waals surface area contributed by atoms with Crippen LogP contribution in [0.4, 0.5) is 0 Å². The molecule has 0 unspecified atom stereocenters. The van der Waals surface area contributed by atoms with Gasteiger partial charge in [0.25, 0.3) is 0 Å². The van der Waals surface area contributed by atoms with Crippen LogP contribution in [0.25, 0.3) is 0 Å². The Kier molecular flexibility index (Phi) is 3.53. The molecule has 110 valence electrons. The summed E-state index contributed by atoms with van der Waals surface area (Å²) in [6.07, 6.45) is 2.77. The molecule has 0 atom stereocenters. The van der Waals surface area contributed by atoms with Gasteiger partial charge < -0.3 is 4.90 Å². The van der Waals surface area contributed by atoms with E-state index in [4.69, 9.17) is 0 Å². The molecule has 2 rings (SSSR count). The van der Waals surface area contributed by atoms with Crippen molar-refractivity contribution in [3.05, 3.63) is 28.7 Å². The molecule has 1 aromatic rings. The molecule has 0 fully saturated rings. The zero-order valence-electron chi connectivity index (χ0n) is 13.6. The molecule has 4 heteroatoms. The Balaban J connectivity index is 2.65. The van der Waals surface area contributed by atoms with Crippen molar-refractivity contribution >= 4 is 5.78 Å². The molecule has 0 amide bonds. The maximum Gasteiger partial charge on any atom is 0.194 e. The molecule has 4 nitrogen and oxygen atoms in total. The van der Waals surface area contributed by atoms with Gasteiger partial charge in [-0.25, -0.2) is 0 Å². The highest BCUT2D eigenvalue weighted by Crippen LogP contribution is 2.41. The second-order valence-electron chi connectivity index (χ2n) is 6.88. The molecule has 0 aromatic carbocycles. The van der Waals surface area contributed by atoms with Gasteiger partial charge in [0.05, 0.1) is 17.0 Å². The minimum atomic E-state index is -0.170. The number of fused-ring (bicyclic) bond motifs is 1. The first-order chi connectivity index (χ1) is 9.15. The van der Waals surface area contributed by atoms with Gasteiger partial charge in [0.2, 0.25) is 0 Å². The third-order valence-electron chi connectivity index (χ3n) is 3.91. The predicted octanol–water partition coefficient (Wildman–Crippen LogP) is 2.75. The topological polar surface area (TPSA) is 38.1 Å². The van der Waals surface area contributed by atoms with E-state index in [1.807, 2.05) is 36.9 Å². The smallest absolute Gasteiger partial charge is 0.194 e. The lowest BCUT2D eigenvalue weighted by Crippen LogP contribution is -2.32. The molecule has 0 N–H and O–H groups in total. The normalized spacial score (nSPS) is 19.6. The molecule has 0 spiro atoms. The molecule has 1 aromatic heterocycles. The van der Waals surface area contributed by atoms with Crippen molar-refractivity contribution in [3.8, 4) is 0 Å². The quantitative estimate of drug-likeness (QED) is 0.779. The van der Waals surface area contributed by atoms with Crippen LogP contribution in [0.1, 0.15) is 55.4 Å². The second-order valence-corrected chi connectivity index (χ2v) is 6.88. The van der Waals surface area contributed by atoms with E-state index < -0.39 is 0 Å². The number of ketones is 1. The van der Waals surface area contributed by atoms with Crippen molar-refractivity contribution < 1.29 is 4.79 Å². The fourth-order valence-corrected chi connectivity index (χ4v) is 3.08. The molecule has 1 aliphatic rings. The summed E-state index contributed by atoms with van der Waals surface area (Å²) < 4.78 is 1.88. The van der Waals surface area contributed by atoms with Crippen LogP contribution in [0, 0.1) is 5.41 Å². The molecule has 20 heavy (non-hydrogen) atoms. The first kappa shape index (κ1) is 14.8. The summed E-state index contributed by atoms with van der Waals surface area (Å²) in [5.74, 6) is 0.434. The average Bonchev–Trinajstić information content (AvgIpc) is 2.59. The Labute approximate surface area is 121 Å². The zero-order chi connectivity index (χ0) is 15.2. The highest BCUT2D eigenvalue weighted by atomic mass is 16.1. The Morgan fingerprint density at radius 1 is 1.35 bits per heavy atom. The van der Waals surface area contributed by atoms with Gasteiger partial charge in [-0.05, 0) is 5.92 Å². The van der Waals surface area contributed by atoms with E-state index >= 15 is 0 Å². The standard InChI is InChI=1S/C16H25N3O/c1-10(2)14-13-12(17-19(14)7)8-16(3,4)11(15(13)20)9-18(5)6/h9-10H,8H2,1-7H3/b11-9-. The van der Waals surface area contributed by atoms with Gasteiger partial charge in [-0.3, -0.25) is 9.48 Å². The van der Waals surface area contributed by atoms with Gasteiger partial charge in [0.1, 0.15) is 0 Å². The lowest BCUT2D eigenvalue weighted by atomic mass is 9.71. The molecular weight excluding hydrogens is 250 g/mol. The van der Waals surface area contributed by atoms with Crippen molar-refractivity contribution in [3.63, 3.8) is 0 Å². The molecule has 1 aliphatic carbocycles. The average molecular weight is 275 g/mol. The fraction of sp³-hybridized carbons (Fsp3) is 0.625. The van der Waals surface area contributed by atoms with Crippen molar-refractivity contribution in [2.75, 3.05) is 14.1 Å². The summed E-state index contributed by atoms with van der Waals surface area (Å²) in [5.41, 5.74) is 3.53. The minimum absolute atomic E-state index is 0.141. The monoisotopic (exact) mass is 275 g/mol. The highest BCUT2D eigenvalue weighted by Gasteiger charge is 2.40. The molecular formula is C16H25N3O. The Hall–Kier alpha value is -1.58. The van der Waals surface area contributed by atoms with E-state index in [0.717, 1.165) is 28.9 Å². The maximum absolute atomic E-state index is 13.0. The highest BCUT2D eigenvalue weighted by molar-refractivity contribution is 6.12. The van der Waals surface area contributed by atoms with Crippen LogP contribution in [0.3, 0.4) is 0 Å². The number of rotatable bonds is 2. The number of aryl methyl sites for hydroxylation is 1. The van der Waals surface area contributed by atoms with Gasteiger partial charge in [-0.15, -0.1) is 0 Å². The van der Waals surface area contributed by atoms with Crippen molar-refractivity contribution in [2.45, 2.75) is 40.0 Å². The van der Waals surface area contributed by atoms with E-state index in [1.165, 1.54) is 0 Å². The van der Waals surface area contributed by atoms with Crippen LogP contribution in [-0.2, 0) is 13.5 Å². The lowest BCUT2D eigenvalue weighted by Gasteiger charge is -2.32. The van der Waals surface area contributed by atoms with Crippen LogP contribution in [-0.4, -0.2) is 34.6 Å². The number of nitrogens with zero attached hydrogens (tertiary/aromatic N) is 3. The SMILES string of the molecule is CC(C)c1c2c(nn1C)CC(C)(C)/C(=C\N(C)C)C2=O. The van der Waals surface area contributed by atoms with Crippen LogP contribution >= 0.6 is 0 Å². The number of carbonyl (C=O) groups excluding carboxylic acids is 1. The van der Waals surface area contributed by atoms with E-state index in [1.54, 1.807) is 0 Å². The third kappa shape index (κ3) is 2.28. The molecule has 0 saturated heterocycles. The summed E-state index contributed by atoms with van der Waals surface area (Å²) in [7, 11) is 5.85. The van der Waals surface area contributed by atoms with Gasteiger partial charge in [0, 0.05) is 44.8 Å². The number of aromatic nitrogens is 2. The van der Waals surface area contributed by atoms with Crippen LogP contribution in [0.15, 0.2) is 11.8 Å². The lowest BCUT2D eigenvalue weighted by molar-refractivity contribution is 0.0990. The Bertz CT molecular complexity index is 577. The van der Waals surface area contributed by atoms with Gasteiger partial charge in [-0.1, -0.05) is 27.7 Å². The van der Waals surface area contributed by atoms with Gasteiger partial charge >= 0.3 is 0 Å². The minimum Gasteiger partial charge on any atom is -0.383 e. The number of Topliss-reactive ketones (excluding diaryl/α,β-unsaturated/α-hetero) is 1. The largest absolute Gasteiger partial charge is 0.383 e. The summed E-state index contributed by atoms with van der Waals surface area (Å²) in [4.78, 5) is 14.9. The van der Waals surface area contributed by atoms with E-state index in [-0.39, 0.29) is 11.2 Å². The second kappa shape index (κ2) is 4.76. The first-order valence-electron chi connectivity index (χ1n) is 7.14. The first-order valence-corrected chi connectivity index (χ1v) is 7.14. The van der Waals surface area contributed by atoms with Crippen molar-refractivity contribution in [2.24, 2.45) is 12.5 Å². The number of carbonyl (C=O) groups is 1. The zero-order valence-corrected chi connectivity index (χ0v) is 13.6. The predicted molar refractivity (Wildman–Crippen MR) is 80.9 cm³/mol. The maximum atomic E-state index is 13.0. The number of allylic oxidation sites excluding steroid dienone is 1. The summed E-state index contributed by atoms with van der Waals surface area (Å²) in [5, 5.41) is 4.59.